The number of carbonyl (C=O) groups excluding carboxylic acids is 1. The highest BCUT2D eigenvalue weighted by atomic mass is 16.1. The van der Waals surface area contributed by atoms with Crippen LogP contribution in [0.25, 0.3) is 0 Å². The second kappa shape index (κ2) is 7.99. The van der Waals surface area contributed by atoms with Gasteiger partial charge in [0.1, 0.15) is 0 Å². The molecule has 0 spiro atoms. The molecule has 1 unspecified atom stereocenters. The molecule has 0 aromatic heterocycles. The Morgan fingerprint density at radius 1 is 0.955 bits per heavy atom. The molecule has 2 rings (SSSR count). The van der Waals surface area contributed by atoms with Crippen molar-refractivity contribution in [3.8, 4) is 0 Å². The molecule has 0 saturated carbocycles. The van der Waals surface area contributed by atoms with Crippen LogP contribution < -0.4 is 5.32 Å². The first-order valence-corrected chi connectivity index (χ1v) is 7.42. The predicted octanol–water partition coefficient (Wildman–Crippen LogP) is 4.33. The first-order chi connectivity index (χ1) is 10.7. The minimum atomic E-state index is -0.149. The molecule has 0 heterocycles. The number of nitrogens with one attached hydrogen (secondary N) is 1. The second-order valence-electron chi connectivity index (χ2n) is 5.15. The normalized spacial score (nSPS) is 12.6. The van der Waals surface area contributed by atoms with Gasteiger partial charge in [-0.3, -0.25) is 4.79 Å². The summed E-state index contributed by atoms with van der Waals surface area (Å²) in [6.45, 7) is 3.97. The van der Waals surface area contributed by atoms with E-state index in [1.54, 1.807) is 12.2 Å². The lowest BCUT2D eigenvalue weighted by Crippen LogP contribution is -2.27. The van der Waals surface area contributed by atoms with Crippen LogP contribution in [0.1, 0.15) is 29.7 Å². The molecule has 2 heteroatoms. The van der Waals surface area contributed by atoms with Crippen molar-refractivity contribution in [2.75, 3.05) is 0 Å². The summed E-state index contributed by atoms with van der Waals surface area (Å²) in [7, 11) is 0. The fourth-order valence-electron chi connectivity index (χ4n) is 2.21. The number of rotatable bonds is 5. The van der Waals surface area contributed by atoms with Crippen molar-refractivity contribution in [2.24, 2.45) is 0 Å². The Bertz CT molecular complexity index is 654. The molecule has 0 radical (unpaired) electrons. The molecule has 2 aromatic carbocycles. The summed E-state index contributed by atoms with van der Waals surface area (Å²) >= 11 is 0. The monoisotopic (exact) mass is 291 g/mol. The second-order valence-corrected chi connectivity index (χ2v) is 5.15. The first-order valence-electron chi connectivity index (χ1n) is 7.42. The molecular weight excluding hydrogens is 270 g/mol. The molecular formula is C20H21NO. The van der Waals surface area contributed by atoms with Crippen molar-refractivity contribution in [1.29, 1.82) is 0 Å². The van der Waals surface area contributed by atoms with Gasteiger partial charge in [0.05, 0.1) is 6.04 Å². The summed E-state index contributed by atoms with van der Waals surface area (Å²) in [4.78, 5) is 12.1. The molecule has 0 bridgehead atoms. The molecule has 2 nitrogen and oxygen atoms in total. The third kappa shape index (κ3) is 4.45. The molecule has 0 fully saturated rings. The molecule has 2 aromatic rings. The first kappa shape index (κ1) is 15.8. The maximum absolute atomic E-state index is 12.1. The average Bonchev–Trinajstić information content (AvgIpc) is 2.55. The van der Waals surface area contributed by atoms with E-state index in [9.17, 15) is 4.79 Å². The third-order valence-corrected chi connectivity index (χ3v) is 3.38. The number of amides is 1. The van der Waals surface area contributed by atoms with E-state index < -0.39 is 0 Å². The lowest BCUT2D eigenvalue weighted by atomic mass is 9.98. The lowest BCUT2D eigenvalue weighted by Gasteiger charge is -2.19. The number of allylic oxidation sites excluding steroid dienone is 3. The molecule has 0 aliphatic heterocycles. The van der Waals surface area contributed by atoms with Gasteiger partial charge in [-0.2, -0.15) is 0 Å². The standard InChI is InChI=1S/C20H21NO/c1-3-4-6-11-19(22)21-20(17-9-7-5-8-10-17)18-14-12-16(2)13-15-18/h3-15,20H,1-2H3,(H,21,22). The lowest BCUT2D eigenvalue weighted by molar-refractivity contribution is -0.117. The highest BCUT2D eigenvalue weighted by Gasteiger charge is 2.15. The van der Waals surface area contributed by atoms with Gasteiger partial charge in [-0.05, 0) is 25.0 Å². The van der Waals surface area contributed by atoms with Gasteiger partial charge in [-0.1, -0.05) is 78.4 Å². The SMILES string of the molecule is CC=CC=CC(=O)NC(c1ccccc1)c1ccc(C)cc1. The fraction of sp³-hybridized carbons (Fsp3) is 0.150. The van der Waals surface area contributed by atoms with Gasteiger partial charge in [0.25, 0.3) is 0 Å². The van der Waals surface area contributed by atoms with Crippen molar-refractivity contribution in [3.63, 3.8) is 0 Å². The Morgan fingerprint density at radius 3 is 2.23 bits per heavy atom. The van der Waals surface area contributed by atoms with E-state index in [1.807, 2.05) is 49.4 Å². The Morgan fingerprint density at radius 2 is 1.59 bits per heavy atom. The van der Waals surface area contributed by atoms with E-state index in [-0.39, 0.29) is 11.9 Å². The van der Waals surface area contributed by atoms with Crippen LogP contribution in [0.4, 0.5) is 0 Å². The van der Waals surface area contributed by atoms with Crippen LogP contribution in [0.3, 0.4) is 0 Å². The van der Waals surface area contributed by atoms with E-state index >= 15 is 0 Å². The molecule has 22 heavy (non-hydrogen) atoms. The Hall–Kier alpha value is -2.61. The molecule has 0 saturated heterocycles. The summed E-state index contributed by atoms with van der Waals surface area (Å²) in [6, 6.07) is 18.1. The Balaban J connectivity index is 2.26. The summed E-state index contributed by atoms with van der Waals surface area (Å²) < 4.78 is 0. The number of aryl methyl sites for hydroxylation is 1. The Labute approximate surface area is 132 Å². The number of benzene rings is 2. The van der Waals surface area contributed by atoms with Crippen LogP contribution in [0, 0.1) is 6.92 Å². The van der Waals surface area contributed by atoms with Gasteiger partial charge in [-0.25, -0.2) is 0 Å². The molecule has 0 aliphatic rings. The van der Waals surface area contributed by atoms with E-state index in [2.05, 4.69) is 36.5 Å². The smallest absolute Gasteiger partial charge is 0.244 e. The van der Waals surface area contributed by atoms with Crippen LogP contribution in [-0.2, 0) is 4.79 Å². The maximum atomic E-state index is 12.1. The molecule has 1 N–H and O–H groups in total. The summed E-state index contributed by atoms with van der Waals surface area (Å²) in [5, 5.41) is 3.07. The van der Waals surface area contributed by atoms with Crippen molar-refractivity contribution < 1.29 is 4.79 Å². The Kier molecular flexibility index (Phi) is 5.73. The quantitative estimate of drug-likeness (QED) is 0.644. The predicted molar refractivity (Wildman–Crippen MR) is 91.6 cm³/mol. The van der Waals surface area contributed by atoms with E-state index in [4.69, 9.17) is 0 Å². The topological polar surface area (TPSA) is 29.1 Å². The summed E-state index contributed by atoms with van der Waals surface area (Å²) in [5.41, 5.74) is 3.35. The van der Waals surface area contributed by atoms with Crippen molar-refractivity contribution in [2.45, 2.75) is 19.9 Å². The molecule has 0 aliphatic carbocycles. The third-order valence-electron chi connectivity index (χ3n) is 3.38. The maximum Gasteiger partial charge on any atom is 0.244 e. The van der Waals surface area contributed by atoms with Crippen LogP contribution in [0.15, 0.2) is 78.9 Å². The van der Waals surface area contributed by atoms with Crippen molar-refractivity contribution >= 4 is 5.91 Å². The van der Waals surface area contributed by atoms with Gasteiger partial charge in [0, 0.05) is 6.08 Å². The molecule has 1 atom stereocenters. The van der Waals surface area contributed by atoms with Crippen molar-refractivity contribution in [1.82, 2.24) is 5.32 Å². The zero-order valence-corrected chi connectivity index (χ0v) is 13.0. The van der Waals surface area contributed by atoms with E-state index in [1.165, 1.54) is 5.56 Å². The van der Waals surface area contributed by atoms with Gasteiger partial charge < -0.3 is 5.32 Å². The minimum Gasteiger partial charge on any atom is -0.342 e. The highest BCUT2D eigenvalue weighted by molar-refractivity contribution is 5.88. The minimum absolute atomic E-state index is 0.104. The molecule has 112 valence electrons. The zero-order chi connectivity index (χ0) is 15.8. The average molecular weight is 291 g/mol. The van der Waals surface area contributed by atoms with Gasteiger partial charge in [-0.15, -0.1) is 0 Å². The zero-order valence-electron chi connectivity index (χ0n) is 13.0. The van der Waals surface area contributed by atoms with Gasteiger partial charge in [0.15, 0.2) is 0 Å². The van der Waals surface area contributed by atoms with Crippen LogP contribution in [0.2, 0.25) is 0 Å². The number of hydrogen-bond donors (Lipinski definition) is 1. The number of hydrogen-bond acceptors (Lipinski definition) is 1. The largest absolute Gasteiger partial charge is 0.342 e. The van der Waals surface area contributed by atoms with E-state index in [0.717, 1.165) is 11.1 Å². The van der Waals surface area contributed by atoms with Crippen LogP contribution in [-0.4, -0.2) is 5.91 Å². The fourth-order valence-corrected chi connectivity index (χ4v) is 2.21. The summed E-state index contributed by atoms with van der Waals surface area (Å²) in [6.07, 6.45) is 7.01. The number of carbonyl (C=O) groups is 1. The van der Waals surface area contributed by atoms with Crippen LogP contribution >= 0.6 is 0 Å². The van der Waals surface area contributed by atoms with Crippen LogP contribution in [0.5, 0.6) is 0 Å². The summed E-state index contributed by atoms with van der Waals surface area (Å²) in [5.74, 6) is -0.104. The van der Waals surface area contributed by atoms with Gasteiger partial charge >= 0.3 is 0 Å². The van der Waals surface area contributed by atoms with Gasteiger partial charge in [0.2, 0.25) is 5.91 Å². The van der Waals surface area contributed by atoms with Crippen molar-refractivity contribution in [3.05, 3.63) is 95.6 Å². The highest BCUT2D eigenvalue weighted by Crippen LogP contribution is 2.22. The van der Waals surface area contributed by atoms with E-state index in [0.29, 0.717) is 0 Å². The molecule has 1 amide bonds.